The van der Waals surface area contributed by atoms with Gasteiger partial charge < -0.3 is 29.7 Å². The molecular weight excluding hydrogens is 486 g/mol. The van der Waals surface area contributed by atoms with Gasteiger partial charge in [0, 0.05) is 19.3 Å². The molecule has 0 saturated carbocycles. The van der Waals surface area contributed by atoms with Crippen LogP contribution in [0.25, 0.3) is 0 Å². The van der Waals surface area contributed by atoms with Crippen LogP contribution in [-0.4, -0.2) is 58.6 Å². The fraction of sp³-hybridized carbons (Fsp3) is 0.360. The third-order valence-electron chi connectivity index (χ3n) is 6.25. The van der Waals surface area contributed by atoms with E-state index in [0.29, 0.717) is 5.76 Å². The molecule has 2 atom stereocenters. The van der Waals surface area contributed by atoms with E-state index in [1.807, 2.05) is 19.1 Å². The summed E-state index contributed by atoms with van der Waals surface area (Å²) < 4.78 is 5.85. The van der Waals surface area contributed by atoms with Gasteiger partial charge in [0.15, 0.2) is 5.75 Å². The first-order valence-corrected chi connectivity index (χ1v) is 12.5. The second-order valence-electron chi connectivity index (χ2n) is 8.79. The van der Waals surface area contributed by atoms with Crippen LogP contribution in [0.5, 0.6) is 5.75 Å². The van der Waals surface area contributed by atoms with Gasteiger partial charge in [0.1, 0.15) is 29.4 Å². The van der Waals surface area contributed by atoms with Crippen LogP contribution in [0.1, 0.15) is 40.8 Å². The predicted octanol–water partition coefficient (Wildman–Crippen LogP) is 2.86. The number of carboxylic acids is 1. The van der Waals surface area contributed by atoms with Gasteiger partial charge >= 0.3 is 5.97 Å². The molecule has 0 radical (unpaired) electrons. The number of hydrogen-bond acceptors (Lipinski definition) is 9. The third-order valence-corrected chi connectivity index (χ3v) is 7.71. The summed E-state index contributed by atoms with van der Waals surface area (Å²) in [7, 11) is 2.82. The first-order chi connectivity index (χ1) is 17.1. The van der Waals surface area contributed by atoms with Gasteiger partial charge in [-0.15, -0.1) is 0 Å². The van der Waals surface area contributed by atoms with Crippen molar-refractivity contribution in [1.82, 2.24) is 4.90 Å². The van der Waals surface area contributed by atoms with Crippen LogP contribution in [0, 0.1) is 6.92 Å². The van der Waals surface area contributed by atoms with E-state index in [-0.39, 0.29) is 33.9 Å². The maximum Gasteiger partial charge on any atom is 0.323 e. The summed E-state index contributed by atoms with van der Waals surface area (Å²) in [4.78, 5) is 51.3. The molecule has 4 rings (SSSR count). The summed E-state index contributed by atoms with van der Waals surface area (Å²) in [5.74, 6) is 0.0872. The summed E-state index contributed by atoms with van der Waals surface area (Å²) in [5.41, 5.74) is -1.19. The summed E-state index contributed by atoms with van der Waals surface area (Å²) in [6.45, 7) is 1.29. The van der Waals surface area contributed by atoms with Gasteiger partial charge in [0.25, 0.3) is 16.8 Å². The Morgan fingerprint density at radius 3 is 2.56 bits per heavy atom. The number of carboxylic acid groups (broad SMARTS) is 1. The van der Waals surface area contributed by atoms with E-state index in [4.69, 9.17) is 9.52 Å². The van der Waals surface area contributed by atoms with E-state index in [2.05, 4.69) is 5.32 Å². The van der Waals surface area contributed by atoms with Crippen molar-refractivity contribution < 1.29 is 24.2 Å². The van der Waals surface area contributed by atoms with Gasteiger partial charge in [-0.25, -0.2) is 0 Å². The van der Waals surface area contributed by atoms with Gasteiger partial charge in [-0.05, 0) is 49.8 Å². The average Bonchev–Trinajstić information content (AvgIpc) is 3.52. The minimum Gasteiger partial charge on any atom is -0.505 e. The number of nitrogens with one attached hydrogen (secondary N) is 1. The third kappa shape index (κ3) is 4.70. The summed E-state index contributed by atoms with van der Waals surface area (Å²) in [6.07, 6.45) is 1.97. The van der Waals surface area contributed by atoms with E-state index < -0.39 is 35.0 Å². The van der Waals surface area contributed by atoms with Crippen LogP contribution in [0.15, 0.2) is 44.3 Å². The van der Waals surface area contributed by atoms with Crippen molar-refractivity contribution in [2.75, 3.05) is 36.6 Å². The van der Waals surface area contributed by atoms with Crippen LogP contribution in [0.2, 0.25) is 0 Å². The van der Waals surface area contributed by atoms with Crippen LogP contribution in [0.3, 0.4) is 0 Å². The zero-order valence-corrected chi connectivity index (χ0v) is 20.9. The lowest BCUT2D eigenvalue weighted by atomic mass is 10.0. The Kier molecular flexibility index (Phi) is 7.11. The van der Waals surface area contributed by atoms with Crippen LogP contribution in [0.4, 0.5) is 17.1 Å². The summed E-state index contributed by atoms with van der Waals surface area (Å²) in [6, 6.07) is 7.75. The predicted molar refractivity (Wildman–Crippen MR) is 137 cm³/mol. The highest BCUT2D eigenvalue weighted by molar-refractivity contribution is 8.00. The average molecular weight is 514 g/mol. The molecule has 1 aromatic heterocycles. The number of amides is 1. The molecule has 1 amide bonds. The Bertz CT molecular complexity index is 1370. The highest BCUT2D eigenvalue weighted by atomic mass is 32.2. The number of aromatic hydroxyl groups is 1. The lowest BCUT2D eigenvalue weighted by Gasteiger charge is -2.29. The van der Waals surface area contributed by atoms with Gasteiger partial charge in [-0.1, -0.05) is 6.07 Å². The number of anilines is 3. The normalized spacial score (nSPS) is 16.1. The van der Waals surface area contributed by atoms with Crippen LogP contribution >= 0.6 is 11.8 Å². The second kappa shape index (κ2) is 10.1. The topological polar surface area (TPSA) is 140 Å². The van der Waals surface area contributed by atoms with Crippen molar-refractivity contribution in [3.8, 4) is 5.75 Å². The largest absolute Gasteiger partial charge is 0.505 e. The molecule has 36 heavy (non-hydrogen) atoms. The van der Waals surface area contributed by atoms with Crippen molar-refractivity contribution in [1.29, 1.82) is 0 Å². The first kappa shape index (κ1) is 25.4. The molecule has 2 unspecified atom stereocenters. The van der Waals surface area contributed by atoms with E-state index in [1.165, 1.54) is 37.2 Å². The fourth-order valence-corrected chi connectivity index (χ4v) is 5.76. The Balaban J connectivity index is 1.67. The maximum atomic E-state index is 12.7. The number of aryl methyl sites for hydroxylation is 1. The van der Waals surface area contributed by atoms with Crippen molar-refractivity contribution in [2.24, 2.45) is 0 Å². The van der Waals surface area contributed by atoms with Crippen molar-refractivity contribution in [2.45, 2.75) is 31.1 Å². The molecule has 1 saturated heterocycles. The number of rotatable bonds is 9. The van der Waals surface area contributed by atoms with Gasteiger partial charge in [-0.3, -0.25) is 19.2 Å². The number of benzene rings is 1. The Hall–Kier alpha value is -3.73. The molecule has 0 bridgehead atoms. The molecule has 1 aliphatic heterocycles. The monoisotopic (exact) mass is 513 g/mol. The van der Waals surface area contributed by atoms with Crippen molar-refractivity contribution >= 4 is 40.7 Å². The quantitative estimate of drug-likeness (QED) is 0.366. The zero-order valence-electron chi connectivity index (χ0n) is 20.1. The van der Waals surface area contributed by atoms with Crippen molar-refractivity contribution in [3.63, 3.8) is 0 Å². The maximum absolute atomic E-state index is 12.7. The van der Waals surface area contributed by atoms with Crippen LogP contribution in [-0.2, 0) is 4.79 Å². The molecule has 1 aliphatic rings. The second-order valence-corrected chi connectivity index (χ2v) is 10.1. The van der Waals surface area contributed by atoms with Gasteiger partial charge in [0.05, 0.1) is 17.3 Å². The molecule has 3 aromatic rings. The highest BCUT2D eigenvalue weighted by Crippen LogP contribution is 2.41. The SMILES string of the molecule is Cc1ccc(C(Nc2c(N(C)c3cccc(C(=O)N(C)CC(=O)O)c3O)c(=O)c2=O)C2CCCS2)o1. The molecule has 0 aliphatic carbocycles. The Labute approximate surface area is 211 Å². The molecule has 11 heteroatoms. The van der Waals surface area contributed by atoms with E-state index in [9.17, 15) is 24.3 Å². The molecular formula is C25H27N3O7S. The number of hydrogen-bond donors (Lipinski definition) is 3. The first-order valence-electron chi connectivity index (χ1n) is 11.4. The number of para-hydroxylation sites is 1. The smallest absolute Gasteiger partial charge is 0.323 e. The number of thioether (sulfide) groups is 1. The number of furan rings is 1. The molecule has 3 N–H and O–H groups in total. The standard InChI is InChI=1S/C25H27N3O7S/c1-13-9-10-16(35-13)19(17-8-5-11-36-17)26-20-21(24(33)23(20)32)28(3)15-7-4-6-14(22(15)31)25(34)27(2)12-18(29)30/h4,6-7,9-10,17,19,26,31H,5,8,11-12H2,1-3H3,(H,29,30). The molecule has 2 aromatic carbocycles. The van der Waals surface area contributed by atoms with Crippen LogP contribution < -0.4 is 21.1 Å². The van der Waals surface area contributed by atoms with E-state index in [1.54, 1.807) is 11.8 Å². The van der Waals surface area contributed by atoms with Crippen molar-refractivity contribution in [3.05, 3.63) is 67.9 Å². The molecule has 190 valence electrons. The number of phenolic OH excluding ortho intramolecular Hbond substituents is 1. The molecule has 2 heterocycles. The highest BCUT2D eigenvalue weighted by Gasteiger charge is 2.34. The molecule has 10 nitrogen and oxygen atoms in total. The number of nitrogens with zero attached hydrogens (tertiary/aromatic N) is 2. The Morgan fingerprint density at radius 2 is 1.94 bits per heavy atom. The minimum absolute atomic E-state index is 0.0649. The number of carbonyl (C=O) groups excluding carboxylic acids is 1. The van der Waals surface area contributed by atoms with E-state index >= 15 is 0 Å². The lowest BCUT2D eigenvalue weighted by molar-refractivity contribution is -0.137. The number of carbonyl (C=O) groups is 2. The molecule has 1 fully saturated rings. The van der Waals surface area contributed by atoms with Gasteiger partial charge in [-0.2, -0.15) is 11.8 Å². The summed E-state index contributed by atoms with van der Waals surface area (Å²) >= 11 is 1.77. The lowest BCUT2D eigenvalue weighted by Crippen LogP contribution is -2.41. The zero-order chi connectivity index (χ0) is 26.1. The number of phenols is 1. The number of likely N-dealkylation sites (N-methyl/N-ethyl adjacent to an activating group) is 1. The number of aliphatic carboxylic acids is 1. The summed E-state index contributed by atoms with van der Waals surface area (Å²) in [5, 5.41) is 23.2. The van der Waals surface area contributed by atoms with Gasteiger partial charge in [0.2, 0.25) is 0 Å². The van der Waals surface area contributed by atoms with E-state index in [0.717, 1.165) is 29.3 Å². The fourth-order valence-electron chi connectivity index (χ4n) is 4.40. The minimum atomic E-state index is -1.19. The Morgan fingerprint density at radius 1 is 1.19 bits per heavy atom. The molecule has 0 spiro atoms.